The lowest BCUT2D eigenvalue weighted by atomic mass is 9.96. The molecule has 160 valence electrons. The third-order valence-corrected chi connectivity index (χ3v) is 5.69. The minimum absolute atomic E-state index is 0.0868. The Kier molecular flexibility index (Phi) is 6.17. The highest BCUT2D eigenvalue weighted by atomic mass is 16.6. The molecule has 11 nitrogen and oxygen atoms in total. The maximum absolute atomic E-state index is 12.8. The van der Waals surface area contributed by atoms with Crippen molar-refractivity contribution in [3.8, 4) is 5.82 Å². The Labute approximate surface area is 174 Å². The molecule has 0 radical (unpaired) electrons. The van der Waals surface area contributed by atoms with Gasteiger partial charge < -0.3 is 5.73 Å². The number of piperidine rings is 1. The molecule has 1 aliphatic carbocycles. The Balaban J connectivity index is 1.53. The van der Waals surface area contributed by atoms with Crippen molar-refractivity contribution in [2.75, 3.05) is 18.8 Å². The second-order valence-electron chi connectivity index (χ2n) is 7.99. The predicted molar refractivity (Wildman–Crippen MR) is 110 cm³/mol. The number of anilines is 1. The molecule has 0 bridgehead atoms. The van der Waals surface area contributed by atoms with Crippen molar-refractivity contribution in [1.29, 1.82) is 0 Å². The van der Waals surface area contributed by atoms with Gasteiger partial charge in [0.2, 0.25) is 11.6 Å². The Hall–Kier alpha value is -3.08. The minimum atomic E-state index is -0.417. The molecule has 2 aromatic heterocycles. The number of nitrogens with zero attached hydrogens (tertiary/aromatic N) is 7. The van der Waals surface area contributed by atoms with Gasteiger partial charge in [-0.15, -0.1) is 5.10 Å². The zero-order chi connectivity index (χ0) is 20.9. The highest BCUT2D eigenvalue weighted by molar-refractivity contribution is 5.93. The van der Waals surface area contributed by atoms with Crippen LogP contribution in [-0.2, 0) is 6.54 Å². The molecule has 1 fully saturated rings. The number of allylic oxidation sites excluding steroid dienone is 2. The van der Waals surface area contributed by atoms with Gasteiger partial charge in [0.1, 0.15) is 0 Å². The number of rotatable bonds is 6. The number of nitrogens with two attached hydrogens (primary N) is 1. The second-order valence-corrected chi connectivity index (χ2v) is 7.99. The van der Waals surface area contributed by atoms with Crippen LogP contribution < -0.4 is 11.2 Å². The lowest BCUT2D eigenvalue weighted by Crippen LogP contribution is -2.34. The van der Waals surface area contributed by atoms with Gasteiger partial charge >= 0.3 is 0 Å². The van der Waals surface area contributed by atoms with Gasteiger partial charge in [0.25, 0.3) is 5.91 Å². The average molecular weight is 413 g/mol. The summed E-state index contributed by atoms with van der Waals surface area (Å²) < 4.78 is 6.13. The van der Waals surface area contributed by atoms with Crippen molar-refractivity contribution < 1.29 is 9.42 Å². The Bertz CT molecular complexity index is 924. The van der Waals surface area contributed by atoms with E-state index in [1.165, 1.54) is 4.68 Å². The molecular weight excluding hydrogens is 386 g/mol. The first-order chi connectivity index (χ1) is 14.6. The fourth-order valence-electron chi connectivity index (χ4n) is 3.77. The highest BCUT2D eigenvalue weighted by Crippen LogP contribution is 2.22. The largest absolute Gasteiger partial charge is 0.378 e. The summed E-state index contributed by atoms with van der Waals surface area (Å²) in [7, 11) is 0. The summed E-state index contributed by atoms with van der Waals surface area (Å²) in [5.74, 6) is 0.927. The molecule has 1 saturated heterocycles. The van der Waals surface area contributed by atoms with Crippen LogP contribution in [0.1, 0.15) is 55.2 Å². The van der Waals surface area contributed by atoms with Crippen LogP contribution in [0.15, 0.2) is 21.9 Å². The van der Waals surface area contributed by atoms with Gasteiger partial charge in [0, 0.05) is 12.8 Å². The van der Waals surface area contributed by atoms with Crippen molar-refractivity contribution in [3.63, 3.8) is 0 Å². The quantitative estimate of drug-likeness (QED) is 0.413. The van der Waals surface area contributed by atoms with E-state index < -0.39 is 5.91 Å². The van der Waals surface area contributed by atoms with Gasteiger partial charge in [-0.25, -0.2) is 10.1 Å². The maximum atomic E-state index is 12.8. The molecule has 3 N–H and O–H groups in total. The molecular formula is C19H27N9O2. The van der Waals surface area contributed by atoms with E-state index in [1.807, 2.05) is 0 Å². The fourth-order valence-corrected chi connectivity index (χ4v) is 3.77. The van der Waals surface area contributed by atoms with E-state index in [0.29, 0.717) is 24.1 Å². The molecule has 2 aliphatic rings. The maximum Gasteiger partial charge on any atom is 0.293 e. The number of nitrogens with one attached hydrogen (secondary N) is 1. The summed E-state index contributed by atoms with van der Waals surface area (Å²) >= 11 is 0. The van der Waals surface area contributed by atoms with Crippen LogP contribution in [0.4, 0.5) is 5.82 Å². The molecule has 1 atom stereocenters. The van der Waals surface area contributed by atoms with E-state index in [1.54, 1.807) is 6.21 Å². The molecule has 0 spiro atoms. The molecule has 1 unspecified atom stereocenters. The smallest absolute Gasteiger partial charge is 0.293 e. The molecule has 1 aliphatic heterocycles. The number of hydrogen-bond acceptors (Lipinski definition) is 9. The van der Waals surface area contributed by atoms with Crippen molar-refractivity contribution in [2.45, 2.75) is 45.6 Å². The Morgan fingerprint density at radius 3 is 2.87 bits per heavy atom. The van der Waals surface area contributed by atoms with E-state index in [4.69, 9.17) is 10.4 Å². The first kappa shape index (κ1) is 20.2. The van der Waals surface area contributed by atoms with Gasteiger partial charge in [-0.1, -0.05) is 24.3 Å². The van der Waals surface area contributed by atoms with Crippen LogP contribution in [0.5, 0.6) is 0 Å². The first-order valence-electron chi connectivity index (χ1n) is 10.4. The SMILES string of the molecule is CC1CCN(Cc2c(C(=O)NN=CC3CC=CCC3)nnn2-c2nonc2N)CC1. The number of likely N-dealkylation sites (tertiary alicyclic amines) is 1. The van der Waals surface area contributed by atoms with Gasteiger partial charge in [-0.05, 0) is 67.3 Å². The van der Waals surface area contributed by atoms with Gasteiger partial charge in [0.05, 0.1) is 5.69 Å². The zero-order valence-electron chi connectivity index (χ0n) is 17.1. The van der Waals surface area contributed by atoms with E-state index >= 15 is 0 Å². The molecule has 1 amide bonds. The average Bonchev–Trinajstić information content (AvgIpc) is 3.36. The Morgan fingerprint density at radius 2 is 2.17 bits per heavy atom. The van der Waals surface area contributed by atoms with Crippen molar-refractivity contribution in [3.05, 3.63) is 23.5 Å². The fraction of sp³-hybridized carbons (Fsp3) is 0.579. The highest BCUT2D eigenvalue weighted by Gasteiger charge is 2.26. The number of nitrogen functional groups attached to an aromatic ring is 1. The van der Waals surface area contributed by atoms with Gasteiger partial charge in [-0.3, -0.25) is 9.69 Å². The number of amides is 1. The molecule has 30 heavy (non-hydrogen) atoms. The summed E-state index contributed by atoms with van der Waals surface area (Å²) in [6.07, 6.45) is 11.3. The predicted octanol–water partition coefficient (Wildman–Crippen LogP) is 1.54. The van der Waals surface area contributed by atoms with Crippen LogP contribution in [0.3, 0.4) is 0 Å². The topological polar surface area (TPSA) is 140 Å². The molecule has 11 heteroatoms. The Morgan fingerprint density at radius 1 is 1.33 bits per heavy atom. The van der Waals surface area contributed by atoms with Crippen LogP contribution in [0.2, 0.25) is 0 Å². The van der Waals surface area contributed by atoms with Crippen LogP contribution >= 0.6 is 0 Å². The third-order valence-electron chi connectivity index (χ3n) is 5.69. The van der Waals surface area contributed by atoms with Crippen LogP contribution in [-0.4, -0.2) is 55.4 Å². The van der Waals surface area contributed by atoms with E-state index in [0.717, 1.165) is 45.2 Å². The summed E-state index contributed by atoms with van der Waals surface area (Å²) in [5.41, 5.74) is 9.20. The van der Waals surface area contributed by atoms with Crippen LogP contribution in [0.25, 0.3) is 5.82 Å². The lowest BCUT2D eigenvalue weighted by Gasteiger charge is -2.30. The molecule has 3 heterocycles. The number of hydrazone groups is 1. The summed E-state index contributed by atoms with van der Waals surface area (Å²) in [6, 6.07) is 0. The molecule has 2 aromatic rings. The summed E-state index contributed by atoms with van der Waals surface area (Å²) in [5, 5.41) is 19.7. The first-order valence-corrected chi connectivity index (χ1v) is 10.4. The normalized spacial score (nSPS) is 20.8. The number of carbonyl (C=O) groups excluding carboxylic acids is 1. The number of hydrogen-bond donors (Lipinski definition) is 2. The molecule has 0 saturated carbocycles. The monoisotopic (exact) mass is 413 g/mol. The summed E-state index contributed by atoms with van der Waals surface area (Å²) in [4.78, 5) is 15.1. The summed E-state index contributed by atoms with van der Waals surface area (Å²) in [6.45, 7) is 4.62. The van der Waals surface area contributed by atoms with E-state index in [9.17, 15) is 4.79 Å². The van der Waals surface area contributed by atoms with Crippen molar-refractivity contribution in [1.82, 2.24) is 35.6 Å². The third kappa shape index (κ3) is 4.56. The van der Waals surface area contributed by atoms with Crippen LogP contribution in [0, 0.1) is 11.8 Å². The molecule has 0 aromatic carbocycles. The van der Waals surface area contributed by atoms with E-state index in [-0.39, 0.29) is 17.3 Å². The number of carbonyl (C=O) groups is 1. The second kappa shape index (κ2) is 9.16. The van der Waals surface area contributed by atoms with Gasteiger partial charge in [0.15, 0.2) is 5.69 Å². The standard InChI is InChI=1S/C19H27N9O2/c1-13-7-9-27(10-8-13)12-15-16(22-26-28(15)18-17(20)24-30-25-18)19(29)23-21-11-14-5-3-2-4-6-14/h2-3,11,13-14H,4-10,12H2,1H3,(H2,20,24)(H,23,29). The van der Waals surface area contributed by atoms with Crippen molar-refractivity contribution in [2.24, 2.45) is 16.9 Å². The lowest BCUT2D eigenvalue weighted by molar-refractivity contribution is 0.0946. The minimum Gasteiger partial charge on any atom is -0.378 e. The van der Waals surface area contributed by atoms with Gasteiger partial charge in [-0.2, -0.15) is 9.78 Å². The molecule has 4 rings (SSSR count). The number of aromatic nitrogens is 5. The van der Waals surface area contributed by atoms with E-state index in [2.05, 4.69) is 55.1 Å². The zero-order valence-corrected chi connectivity index (χ0v) is 17.1. The van der Waals surface area contributed by atoms with Crippen molar-refractivity contribution >= 4 is 17.9 Å².